The monoisotopic (exact) mass is 215 g/mol. The summed E-state index contributed by atoms with van der Waals surface area (Å²) in [6.45, 7) is 3.52. The smallest absolute Gasteiger partial charge is 0.278 e. The molecule has 1 aromatic heterocycles. The zero-order chi connectivity index (χ0) is 10.9. The molecule has 0 aliphatic rings. The first kappa shape index (κ1) is 11.2. The molecule has 1 heterocycles. The maximum Gasteiger partial charge on any atom is 0.278 e. The maximum atomic E-state index is 11.7. The van der Waals surface area contributed by atoms with Gasteiger partial charge in [0.25, 0.3) is 5.56 Å². The number of ether oxygens (including phenoxy) is 1. The molecule has 1 aromatic rings. The summed E-state index contributed by atoms with van der Waals surface area (Å²) >= 11 is 3.99. The Bertz CT molecular complexity index is 400. The third kappa shape index (κ3) is 1.80. The lowest BCUT2D eigenvalue weighted by atomic mass is 10.1. The second kappa shape index (κ2) is 3.70. The van der Waals surface area contributed by atoms with Crippen molar-refractivity contribution in [1.82, 2.24) is 14.8 Å². The molecule has 0 N–H and O–H groups in total. The SMILES string of the molecule is COC(C)(C)c1nnc(S)n(C)c1=O. The van der Waals surface area contributed by atoms with Crippen LogP contribution in [0.3, 0.4) is 0 Å². The van der Waals surface area contributed by atoms with Gasteiger partial charge in [-0.3, -0.25) is 9.36 Å². The molecule has 0 spiro atoms. The van der Waals surface area contributed by atoms with E-state index in [9.17, 15) is 4.79 Å². The zero-order valence-corrected chi connectivity index (χ0v) is 9.50. The number of aromatic nitrogens is 3. The first-order valence-electron chi connectivity index (χ1n) is 4.08. The van der Waals surface area contributed by atoms with Gasteiger partial charge in [-0.25, -0.2) is 0 Å². The lowest BCUT2D eigenvalue weighted by Gasteiger charge is -2.20. The first-order valence-corrected chi connectivity index (χ1v) is 4.53. The highest BCUT2D eigenvalue weighted by molar-refractivity contribution is 7.80. The summed E-state index contributed by atoms with van der Waals surface area (Å²) in [5.74, 6) is 0. The van der Waals surface area contributed by atoms with Gasteiger partial charge in [0.1, 0.15) is 5.60 Å². The minimum atomic E-state index is -0.733. The molecule has 0 saturated heterocycles. The van der Waals surface area contributed by atoms with Crippen molar-refractivity contribution in [2.45, 2.75) is 24.6 Å². The fraction of sp³-hybridized carbons (Fsp3) is 0.625. The Kier molecular flexibility index (Phi) is 2.96. The van der Waals surface area contributed by atoms with E-state index in [0.717, 1.165) is 0 Å². The maximum absolute atomic E-state index is 11.7. The van der Waals surface area contributed by atoms with E-state index in [4.69, 9.17) is 4.74 Å². The van der Waals surface area contributed by atoms with Crippen LogP contribution in [0.1, 0.15) is 19.5 Å². The van der Waals surface area contributed by atoms with Gasteiger partial charge in [0.05, 0.1) is 0 Å². The fourth-order valence-corrected chi connectivity index (χ4v) is 1.06. The molecular weight excluding hydrogens is 202 g/mol. The molecule has 78 valence electrons. The third-order valence-electron chi connectivity index (χ3n) is 2.13. The summed E-state index contributed by atoms with van der Waals surface area (Å²) < 4.78 is 6.48. The number of hydrogen-bond acceptors (Lipinski definition) is 5. The van der Waals surface area contributed by atoms with E-state index < -0.39 is 5.60 Å². The molecule has 0 bridgehead atoms. The summed E-state index contributed by atoms with van der Waals surface area (Å²) in [6, 6.07) is 0. The molecular formula is C8H13N3O2S. The van der Waals surface area contributed by atoms with Crippen molar-refractivity contribution in [3.05, 3.63) is 16.0 Å². The Labute approximate surface area is 87.5 Å². The number of rotatable bonds is 2. The minimum Gasteiger partial charge on any atom is -0.372 e. The van der Waals surface area contributed by atoms with Crippen molar-refractivity contribution in [2.75, 3.05) is 7.11 Å². The van der Waals surface area contributed by atoms with Crippen molar-refractivity contribution in [3.8, 4) is 0 Å². The van der Waals surface area contributed by atoms with Crippen molar-refractivity contribution in [3.63, 3.8) is 0 Å². The second-order valence-corrected chi connectivity index (χ2v) is 3.83. The number of thiol groups is 1. The molecule has 1 rings (SSSR count). The van der Waals surface area contributed by atoms with E-state index in [1.807, 2.05) is 0 Å². The Morgan fingerprint density at radius 2 is 2.00 bits per heavy atom. The van der Waals surface area contributed by atoms with Gasteiger partial charge in [-0.2, -0.15) is 0 Å². The molecule has 0 aliphatic carbocycles. The average Bonchev–Trinajstić information content (AvgIpc) is 2.14. The molecule has 14 heavy (non-hydrogen) atoms. The molecule has 5 nitrogen and oxygen atoms in total. The summed E-state index contributed by atoms with van der Waals surface area (Å²) in [7, 11) is 3.12. The van der Waals surface area contributed by atoms with Gasteiger partial charge in [-0.05, 0) is 13.8 Å². The lowest BCUT2D eigenvalue weighted by Crippen LogP contribution is -2.35. The third-order valence-corrected chi connectivity index (χ3v) is 2.52. The second-order valence-electron chi connectivity index (χ2n) is 3.43. The number of methoxy groups -OCH3 is 1. The van der Waals surface area contributed by atoms with Crippen molar-refractivity contribution >= 4 is 12.6 Å². The summed E-state index contributed by atoms with van der Waals surface area (Å²) in [5, 5.41) is 7.83. The zero-order valence-electron chi connectivity index (χ0n) is 8.61. The van der Waals surface area contributed by atoms with E-state index in [-0.39, 0.29) is 16.4 Å². The van der Waals surface area contributed by atoms with Crippen LogP contribution in [0.4, 0.5) is 0 Å². The number of hydrogen-bond donors (Lipinski definition) is 1. The van der Waals surface area contributed by atoms with Gasteiger partial charge in [0.2, 0.25) is 0 Å². The number of nitrogens with zero attached hydrogens (tertiary/aromatic N) is 3. The van der Waals surface area contributed by atoms with Gasteiger partial charge in [-0.15, -0.1) is 22.8 Å². The molecule has 6 heteroatoms. The molecule has 0 saturated carbocycles. The van der Waals surface area contributed by atoms with E-state index in [0.29, 0.717) is 0 Å². The Morgan fingerprint density at radius 3 is 2.50 bits per heavy atom. The van der Waals surface area contributed by atoms with Crippen LogP contribution >= 0.6 is 12.6 Å². The highest BCUT2D eigenvalue weighted by Gasteiger charge is 2.26. The minimum absolute atomic E-state index is 0.239. The van der Waals surface area contributed by atoms with Crippen LogP contribution in [0.25, 0.3) is 0 Å². The molecule has 0 radical (unpaired) electrons. The van der Waals surface area contributed by atoms with E-state index in [1.165, 1.54) is 11.7 Å². The summed E-state index contributed by atoms with van der Waals surface area (Å²) in [4.78, 5) is 11.7. The summed E-state index contributed by atoms with van der Waals surface area (Å²) in [6.07, 6.45) is 0. The van der Waals surface area contributed by atoms with Gasteiger partial charge in [-0.1, -0.05) is 0 Å². The van der Waals surface area contributed by atoms with Gasteiger partial charge >= 0.3 is 0 Å². The molecule has 0 aromatic carbocycles. The van der Waals surface area contributed by atoms with E-state index in [2.05, 4.69) is 22.8 Å². The molecule has 0 aliphatic heterocycles. The van der Waals surface area contributed by atoms with Crippen LogP contribution in [0, 0.1) is 0 Å². The Balaban J connectivity index is 3.39. The first-order chi connectivity index (χ1) is 6.40. The quantitative estimate of drug-likeness (QED) is 0.723. The Hall–Kier alpha value is -0.880. The largest absolute Gasteiger partial charge is 0.372 e. The normalized spacial score (nSPS) is 11.8. The van der Waals surface area contributed by atoms with Crippen molar-refractivity contribution < 1.29 is 4.74 Å². The van der Waals surface area contributed by atoms with E-state index >= 15 is 0 Å². The molecule has 0 unspecified atom stereocenters. The van der Waals surface area contributed by atoms with E-state index in [1.54, 1.807) is 20.9 Å². The standard InChI is InChI=1S/C8H13N3O2S/c1-8(2,13-4)5-6(12)11(3)7(14)10-9-5/h1-4H3,(H,10,14). The highest BCUT2D eigenvalue weighted by Crippen LogP contribution is 2.17. The lowest BCUT2D eigenvalue weighted by molar-refractivity contribution is 0.0125. The van der Waals surface area contributed by atoms with Crippen LogP contribution in [0.15, 0.2) is 9.95 Å². The molecule has 0 atom stereocenters. The van der Waals surface area contributed by atoms with Crippen LogP contribution in [-0.2, 0) is 17.4 Å². The Morgan fingerprint density at radius 1 is 1.43 bits per heavy atom. The van der Waals surface area contributed by atoms with Crippen LogP contribution in [-0.4, -0.2) is 21.9 Å². The fourth-order valence-electron chi connectivity index (χ4n) is 0.929. The predicted octanol–water partition coefficient (Wildman–Crippen LogP) is 0.345. The van der Waals surface area contributed by atoms with Gasteiger partial charge < -0.3 is 4.74 Å². The molecule has 0 amide bonds. The van der Waals surface area contributed by atoms with Crippen molar-refractivity contribution in [2.24, 2.45) is 7.05 Å². The molecule has 0 fully saturated rings. The topological polar surface area (TPSA) is 57.0 Å². The van der Waals surface area contributed by atoms with Crippen molar-refractivity contribution in [1.29, 1.82) is 0 Å². The predicted molar refractivity (Wildman–Crippen MR) is 54.6 cm³/mol. The van der Waals surface area contributed by atoms with Crippen LogP contribution in [0.5, 0.6) is 0 Å². The van der Waals surface area contributed by atoms with Crippen LogP contribution < -0.4 is 5.56 Å². The van der Waals surface area contributed by atoms with Gasteiger partial charge in [0.15, 0.2) is 10.9 Å². The van der Waals surface area contributed by atoms with Gasteiger partial charge in [0, 0.05) is 14.2 Å². The highest BCUT2D eigenvalue weighted by atomic mass is 32.1. The summed E-state index contributed by atoms with van der Waals surface area (Å²) in [5.41, 5.74) is -0.694. The van der Waals surface area contributed by atoms with Crippen LogP contribution in [0.2, 0.25) is 0 Å². The average molecular weight is 215 g/mol.